The first-order valence-corrected chi connectivity index (χ1v) is 17.3. The number of anilines is 1. The van der Waals surface area contributed by atoms with Crippen molar-refractivity contribution in [3.63, 3.8) is 0 Å². The van der Waals surface area contributed by atoms with Gasteiger partial charge in [-0.1, -0.05) is 75.8 Å². The van der Waals surface area contributed by atoms with Crippen LogP contribution in [-0.4, -0.2) is 32.9 Å². The van der Waals surface area contributed by atoms with Crippen LogP contribution >= 0.6 is 0 Å². The number of allylic oxidation sites excluding steroid dienone is 1. The molecule has 0 fully saturated rings. The van der Waals surface area contributed by atoms with Gasteiger partial charge in [0.25, 0.3) is 0 Å². The lowest BCUT2D eigenvalue weighted by Gasteiger charge is -2.33. The minimum absolute atomic E-state index is 0.00960. The summed E-state index contributed by atoms with van der Waals surface area (Å²) in [5.41, 5.74) is 3.67. The fourth-order valence-corrected chi connectivity index (χ4v) is 5.91. The van der Waals surface area contributed by atoms with Crippen LogP contribution in [0.5, 0.6) is 0 Å². The van der Waals surface area contributed by atoms with E-state index in [2.05, 4.69) is 15.5 Å². The number of alkyl halides is 4. The molecule has 1 unspecified atom stereocenters. The van der Waals surface area contributed by atoms with Crippen LogP contribution in [0.15, 0.2) is 111 Å². The zero-order valence-corrected chi connectivity index (χ0v) is 30.5. The molecule has 2 aromatic carbocycles. The molecule has 0 aliphatic carbocycles. The van der Waals surface area contributed by atoms with Crippen LogP contribution in [0, 0.1) is 6.92 Å². The van der Waals surface area contributed by atoms with Gasteiger partial charge in [0.2, 0.25) is 0 Å². The number of alkyl carbamates (subject to hydrolysis) is 1. The van der Waals surface area contributed by atoms with Gasteiger partial charge in [0.05, 0.1) is 18.9 Å². The first kappa shape index (κ1) is 38.6. The molecule has 1 N–H and O–H groups in total. The van der Waals surface area contributed by atoms with Gasteiger partial charge in [0.1, 0.15) is 36.6 Å². The zero-order chi connectivity index (χ0) is 39.4. The molecule has 4 heterocycles. The van der Waals surface area contributed by atoms with Crippen LogP contribution in [0.2, 0.25) is 0 Å². The van der Waals surface area contributed by atoms with Crippen molar-refractivity contribution in [3.8, 4) is 0 Å². The predicted octanol–water partition coefficient (Wildman–Crippen LogP) is 9.05. The Morgan fingerprint density at radius 2 is 1.58 bits per heavy atom. The molecule has 288 valence electrons. The molecule has 1 aliphatic heterocycles. The number of hydrogen-bond acceptors (Lipinski definition) is 8. The quantitative estimate of drug-likeness (QED) is 0.0884. The topological polar surface area (TPSA) is 124 Å². The second-order valence-corrected chi connectivity index (χ2v) is 13.2. The molecular weight excluding hydrogens is 724 g/mol. The van der Waals surface area contributed by atoms with Gasteiger partial charge in [0.15, 0.2) is 30.0 Å². The number of furan rings is 2. The SMILES string of the molecule is CCc1ccccc1COC(=O)NC1=C[N+](Cc2ccc(C(C)(F)F)o2)(N(C(=O)OCc2cccc(C)c2)c2cnn(Cc3ccc(C(C)(F)F)o3)c2)N=C1. The first-order chi connectivity index (χ1) is 26.1. The highest BCUT2D eigenvalue weighted by atomic mass is 19.3. The van der Waals surface area contributed by atoms with Crippen molar-refractivity contribution in [1.82, 2.24) is 15.1 Å². The second-order valence-electron chi connectivity index (χ2n) is 13.2. The number of quaternary nitrogens is 1. The van der Waals surface area contributed by atoms with Crippen molar-refractivity contribution in [2.75, 3.05) is 5.01 Å². The Balaban J connectivity index is 1.35. The zero-order valence-electron chi connectivity index (χ0n) is 30.5. The summed E-state index contributed by atoms with van der Waals surface area (Å²) >= 11 is 0. The van der Waals surface area contributed by atoms with Crippen LogP contribution in [0.25, 0.3) is 0 Å². The van der Waals surface area contributed by atoms with E-state index in [1.807, 2.05) is 56.3 Å². The molecule has 0 radical (unpaired) electrons. The Morgan fingerprint density at radius 1 is 0.891 bits per heavy atom. The number of ether oxygens (including phenoxy) is 2. The molecule has 0 saturated carbocycles. The standard InChI is InChI=1S/C39H38F4N6O6/c1-5-28-11-6-7-12-29(28)25-52-36(50)46-30-18-45-49(22-30,23-33-14-16-35(55-33)39(4,42)43)48(37(51)53-24-27-10-8-9-26(2)17-27)31-19-44-47(20-31)21-32-13-15-34(54-32)38(3,40)41/h6-20,22H,5,21,23-25H2,1-4H3/p+1. The minimum atomic E-state index is -3.30. The van der Waals surface area contributed by atoms with E-state index in [-0.39, 0.29) is 49.2 Å². The molecule has 16 heteroatoms. The van der Waals surface area contributed by atoms with E-state index in [0.717, 1.165) is 40.3 Å². The fraction of sp³-hybridized carbons (Fsp3) is 0.282. The molecule has 0 spiro atoms. The van der Waals surface area contributed by atoms with E-state index in [4.69, 9.17) is 18.3 Å². The summed E-state index contributed by atoms with van der Waals surface area (Å²) in [7, 11) is 0. The van der Waals surface area contributed by atoms with Gasteiger partial charge in [-0.25, -0.2) is 9.59 Å². The molecule has 2 amide bonds. The average molecular weight is 764 g/mol. The van der Waals surface area contributed by atoms with Crippen LogP contribution in [0.3, 0.4) is 0 Å². The lowest BCUT2D eigenvalue weighted by molar-refractivity contribution is -0.900. The van der Waals surface area contributed by atoms with E-state index < -0.39 is 40.3 Å². The van der Waals surface area contributed by atoms with E-state index in [9.17, 15) is 27.2 Å². The highest BCUT2D eigenvalue weighted by molar-refractivity contribution is 5.88. The van der Waals surface area contributed by atoms with Crippen LogP contribution < -0.4 is 10.3 Å². The van der Waals surface area contributed by atoms with E-state index >= 15 is 0 Å². The van der Waals surface area contributed by atoms with Gasteiger partial charge in [-0.05, 0) is 54.3 Å². The van der Waals surface area contributed by atoms with Gasteiger partial charge < -0.3 is 18.3 Å². The Kier molecular flexibility index (Phi) is 11.0. The highest BCUT2D eigenvalue weighted by Gasteiger charge is 2.47. The molecule has 1 aliphatic rings. The number of hydrogen-bond donors (Lipinski definition) is 1. The van der Waals surface area contributed by atoms with Gasteiger partial charge in [-0.2, -0.15) is 22.7 Å². The Morgan fingerprint density at radius 3 is 2.25 bits per heavy atom. The number of aryl methyl sites for hydroxylation is 2. The molecule has 12 nitrogen and oxygen atoms in total. The smallest absolute Gasteiger partial charge is 0.458 e. The normalized spacial score (nSPS) is 15.5. The molecule has 3 aromatic heterocycles. The number of carbonyl (C=O) groups excluding carboxylic acids is 2. The maximum absolute atomic E-state index is 14.3. The van der Waals surface area contributed by atoms with Crippen molar-refractivity contribution in [2.24, 2.45) is 5.10 Å². The fourth-order valence-electron chi connectivity index (χ4n) is 5.91. The highest BCUT2D eigenvalue weighted by Crippen LogP contribution is 2.35. The molecule has 6 rings (SSSR count). The number of nitrogens with one attached hydrogen (secondary N) is 1. The van der Waals surface area contributed by atoms with Gasteiger partial charge in [-0.3, -0.25) is 10.00 Å². The molecule has 0 bridgehead atoms. The number of amides is 2. The summed E-state index contributed by atoms with van der Waals surface area (Å²) in [5, 5.41) is 12.6. The second kappa shape index (κ2) is 15.7. The molecule has 5 aromatic rings. The Bertz CT molecular complexity index is 2210. The summed E-state index contributed by atoms with van der Waals surface area (Å²) in [6.07, 6.45) is 4.40. The third-order valence-electron chi connectivity index (χ3n) is 8.57. The lowest BCUT2D eigenvalue weighted by Crippen LogP contribution is -2.55. The number of carbonyl (C=O) groups is 2. The summed E-state index contributed by atoms with van der Waals surface area (Å²) in [6, 6.07) is 19.8. The predicted molar refractivity (Wildman–Crippen MR) is 191 cm³/mol. The summed E-state index contributed by atoms with van der Waals surface area (Å²) < 4.78 is 78.9. The number of halogens is 4. The number of aromatic nitrogens is 2. The van der Waals surface area contributed by atoms with Gasteiger partial charge in [-0.15, -0.1) is 0 Å². The molecule has 1 atom stereocenters. The van der Waals surface area contributed by atoms with Crippen LogP contribution in [-0.2, 0) is 54.0 Å². The van der Waals surface area contributed by atoms with Gasteiger partial charge >= 0.3 is 24.0 Å². The largest absolute Gasteiger partial charge is 0.462 e. The minimum Gasteiger partial charge on any atom is -0.458 e. The average Bonchev–Trinajstić information content (AvgIpc) is 3.96. The number of benzene rings is 2. The van der Waals surface area contributed by atoms with E-state index in [0.29, 0.717) is 19.4 Å². The third kappa shape index (κ3) is 9.32. The van der Waals surface area contributed by atoms with Crippen molar-refractivity contribution < 1.29 is 50.2 Å². The van der Waals surface area contributed by atoms with Gasteiger partial charge in [0, 0.05) is 13.8 Å². The third-order valence-corrected chi connectivity index (χ3v) is 8.57. The molecule has 55 heavy (non-hydrogen) atoms. The van der Waals surface area contributed by atoms with Crippen molar-refractivity contribution in [3.05, 3.63) is 142 Å². The van der Waals surface area contributed by atoms with Crippen LogP contribution in [0.4, 0.5) is 32.8 Å². The van der Waals surface area contributed by atoms with Crippen LogP contribution in [0.1, 0.15) is 66.1 Å². The summed E-state index contributed by atoms with van der Waals surface area (Å²) in [5.74, 6) is -7.47. The van der Waals surface area contributed by atoms with Crippen molar-refractivity contribution in [2.45, 2.75) is 72.3 Å². The molecular formula is C39H39F4N6O6+. The summed E-state index contributed by atoms with van der Waals surface area (Å²) in [4.78, 5) is 27.3. The lowest BCUT2D eigenvalue weighted by atomic mass is 10.1. The van der Waals surface area contributed by atoms with Crippen molar-refractivity contribution >= 4 is 24.1 Å². The monoisotopic (exact) mass is 763 g/mol. The summed E-state index contributed by atoms with van der Waals surface area (Å²) in [6.45, 7) is 4.68. The number of rotatable bonds is 14. The Hall–Kier alpha value is -6.16. The maximum Gasteiger partial charge on any atom is 0.462 e. The van der Waals surface area contributed by atoms with E-state index in [1.54, 1.807) is 6.07 Å². The van der Waals surface area contributed by atoms with Crippen molar-refractivity contribution in [1.29, 1.82) is 0 Å². The maximum atomic E-state index is 14.3. The van der Waals surface area contributed by atoms with E-state index in [1.165, 1.54) is 41.6 Å². The Labute approximate surface area is 313 Å². The number of nitrogens with zero attached hydrogens (tertiary/aromatic N) is 5. The first-order valence-electron chi connectivity index (χ1n) is 17.3. The molecule has 0 saturated heterocycles.